The predicted molar refractivity (Wildman–Crippen MR) is 116 cm³/mol. The van der Waals surface area contributed by atoms with Gasteiger partial charge < -0.3 is 19.6 Å². The van der Waals surface area contributed by atoms with E-state index >= 15 is 0 Å². The number of pyridine rings is 1. The summed E-state index contributed by atoms with van der Waals surface area (Å²) in [6, 6.07) is 9.57. The van der Waals surface area contributed by atoms with E-state index in [1.165, 1.54) is 0 Å². The SMILES string of the molecule is CN1CC(C)([C@](O)(c2ccc(Br)cc2)c2cncc(-c3noc(C(C)(C)O)n3)c2)C1. The van der Waals surface area contributed by atoms with Crippen LogP contribution >= 0.6 is 15.9 Å². The lowest BCUT2D eigenvalue weighted by atomic mass is 9.62. The highest BCUT2D eigenvalue weighted by Gasteiger charge is 2.55. The molecule has 1 aromatic carbocycles. The molecule has 30 heavy (non-hydrogen) atoms. The Kier molecular flexibility index (Phi) is 5.09. The Morgan fingerprint density at radius 3 is 2.33 bits per heavy atom. The van der Waals surface area contributed by atoms with Gasteiger partial charge >= 0.3 is 0 Å². The van der Waals surface area contributed by atoms with Crippen molar-refractivity contribution in [2.24, 2.45) is 5.41 Å². The third kappa shape index (κ3) is 3.47. The average molecular weight is 473 g/mol. The van der Waals surface area contributed by atoms with Crippen LogP contribution < -0.4 is 0 Å². The van der Waals surface area contributed by atoms with Gasteiger partial charge in [-0.05, 0) is 44.7 Å². The van der Waals surface area contributed by atoms with Crippen molar-refractivity contribution in [3.05, 3.63) is 64.2 Å². The quantitative estimate of drug-likeness (QED) is 0.587. The minimum absolute atomic E-state index is 0.124. The number of benzene rings is 1. The van der Waals surface area contributed by atoms with Crippen LogP contribution in [0, 0.1) is 5.41 Å². The van der Waals surface area contributed by atoms with Gasteiger partial charge in [-0.25, -0.2) is 0 Å². The highest BCUT2D eigenvalue weighted by atomic mass is 79.9. The first-order valence-corrected chi connectivity index (χ1v) is 10.5. The van der Waals surface area contributed by atoms with E-state index in [0.717, 1.165) is 23.1 Å². The van der Waals surface area contributed by atoms with Crippen molar-refractivity contribution >= 4 is 15.9 Å². The fraction of sp³-hybridized carbons (Fsp3) is 0.409. The molecule has 4 rings (SSSR count). The van der Waals surface area contributed by atoms with Gasteiger partial charge in [-0.15, -0.1) is 0 Å². The molecule has 0 aliphatic carbocycles. The number of aromatic nitrogens is 3. The molecule has 7 nitrogen and oxygen atoms in total. The molecule has 1 aliphatic heterocycles. The Morgan fingerprint density at radius 2 is 1.77 bits per heavy atom. The van der Waals surface area contributed by atoms with Crippen molar-refractivity contribution in [1.29, 1.82) is 0 Å². The van der Waals surface area contributed by atoms with E-state index in [9.17, 15) is 10.2 Å². The molecule has 3 aromatic rings. The molecule has 158 valence electrons. The molecular weight excluding hydrogens is 448 g/mol. The minimum Gasteiger partial charge on any atom is -0.381 e. The zero-order valence-electron chi connectivity index (χ0n) is 17.4. The summed E-state index contributed by atoms with van der Waals surface area (Å²) >= 11 is 3.47. The number of aliphatic hydroxyl groups is 2. The first-order chi connectivity index (χ1) is 14.0. The maximum Gasteiger partial charge on any atom is 0.258 e. The molecule has 0 bridgehead atoms. The standard InChI is InChI=1S/C22H25BrN4O3/c1-20(2,28)19-25-18(26-30-19)14-9-16(11-24-10-14)22(29,21(3)12-27(4)13-21)15-5-7-17(23)8-6-15/h5-11,28-29H,12-13H2,1-4H3/t22-/m0/s1. The van der Waals surface area contributed by atoms with Crippen LogP contribution in [0.15, 0.2) is 51.7 Å². The molecule has 1 saturated heterocycles. The first kappa shape index (κ1) is 21.1. The monoisotopic (exact) mass is 472 g/mol. The average Bonchev–Trinajstić information content (AvgIpc) is 3.18. The molecule has 1 aliphatic rings. The molecule has 1 fully saturated rings. The zero-order chi connectivity index (χ0) is 21.7. The summed E-state index contributed by atoms with van der Waals surface area (Å²) in [6.07, 6.45) is 3.31. The summed E-state index contributed by atoms with van der Waals surface area (Å²) in [6.45, 7) is 6.74. The van der Waals surface area contributed by atoms with Crippen molar-refractivity contribution in [1.82, 2.24) is 20.0 Å². The van der Waals surface area contributed by atoms with Gasteiger partial charge in [0, 0.05) is 46.5 Å². The Hall–Kier alpha value is -2.13. The van der Waals surface area contributed by atoms with Crippen LogP contribution in [0.2, 0.25) is 0 Å². The molecule has 0 unspecified atom stereocenters. The van der Waals surface area contributed by atoms with Gasteiger partial charge in [0.2, 0.25) is 5.82 Å². The van der Waals surface area contributed by atoms with Gasteiger partial charge in [0.15, 0.2) is 0 Å². The second-order valence-electron chi connectivity index (χ2n) is 8.89. The Bertz CT molecular complexity index is 1050. The zero-order valence-corrected chi connectivity index (χ0v) is 19.0. The van der Waals surface area contributed by atoms with Gasteiger partial charge in [0.05, 0.1) is 0 Å². The highest BCUT2D eigenvalue weighted by molar-refractivity contribution is 9.10. The van der Waals surface area contributed by atoms with E-state index in [2.05, 4.69) is 42.9 Å². The van der Waals surface area contributed by atoms with Crippen molar-refractivity contribution in [3.63, 3.8) is 0 Å². The Labute approximate surface area is 183 Å². The van der Waals surface area contributed by atoms with E-state index < -0.39 is 16.6 Å². The maximum atomic E-state index is 12.2. The normalized spacial score (nSPS) is 18.6. The number of halogens is 1. The lowest BCUT2D eigenvalue weighted by molar-refractivity contribution is -0.127. The Balaban J connectivity index is 1.82. The van der Waals surface area contributed by atoms with Gasteiger partial charge in [-0.1, -0.05) is 40.1 Å². The van der Waals surface area contributed by atoms with Crippen LogP contribution in [0.25, 0.3) is 11.4 Å². The fourth-order valence-corrected chi connectivity index (χ4v) is 4.54. The summed E-state index contributed by atoms with van der Waals surface area (Å²) in [5, 5.41) is 26.3. The number of hydrogen-bond donors (Lipinski definition) is 2. The van der Waals surface area contributed by atoms with E-state index in [1.54, 1.807) is 26.2 Å². The maximum absolute atomic E-state index is 12.2. The van der Waals surface area contributed by atoms with Crippen molar-refractivity contribution < 1.29 is 14.7 Å². The van der Waals surface area contributed by atoms with Gasteiger partial charge in [-0.2, -0.15) is 4.98 Å². The molecular formula is C22H25BrN4O3. The Morgan fingerprint density at radius 1 is 1.10 bits per heavy atom. The molecule has 1 atom stereocenters. The van der Waals surface area contributed by atoms with Crippen molar-refractivity contribution in [2.45, 2.75) is 32.0 Å². The molecule has 2 N–H and O–H groups in total. The van der Waals surface area contributed by atoms with Crippen LogP contribution in [0.3, 0.4) is 0 Å². The summed E-state index contributed by atoms with van der Waals surface area (Å²) in [5.74, 6) is 0.439. The summed E-state index contributed by atoms with van der Waals surface area (Å²) in [4.78, 5) is 10.8. The molecule has 0 spiro atoms. The predicted octanol–water partition coefficient (Wildman–Crippen LogP) is 3.31. The lowest BCUT2D eigenvalue weighted by Crippen LogP contribution is -2.63. The number of likely N-dealkylation sites (tertiary alicyclic amines) is 1. The lowest BCUT2D eigenvalue weighted by Gasteiger charge is -2.55. The van der Waals surface area contributed by atoms with Crippen LogP contribution in [-0.4, -0.2) is 50.4 Å². The molecule has 3 heterocycles. The second kappa shape index (κ2) is 7.23. The minimum atomic E-state index is -1.26. The van der Waals surface area contributed by atoms with E-state index in [0.29, 0.717) is 17.0 Å². The van der Waals surface area contributed by atoms with Gasteiger partial charge in [-0.3, -0.25) is 4.98 Å². The van der Waals surface area contributed by atoms with Crippen LogP contribution in [0.4, 0.5) is 0 Å². The topological polar surface area (TPSA) is 95.5 Å². The summed E-state index contributed by atoms with van der Waals surface area (Å²) < 4.78 is 6.15. The second-order valence-corrected chi connectivity index (χ2v) is 9.81. The third-order valence-electron chi connectivity index (χ3n) is 5.74. The molecule has 2 aromatic heterocycles. The first-order valence-electron chi connectivity index (χ1n) is 9.72. The largest absolute Gasteiger partial charge is 0.381 e. The van der Waals surface area contributed by atoms with Crippen LogP contribution in [0.5, 0.6) is 0 Å². The number of rotatable bonds is 5. The van der Waals surface area contributed by atoms with Crippen molar-refractivity contribution in [3.8, 4) is 11.4 Å². The number of hydrogen-bond acceptors (Lipinski definition) is 7. The fourth-order valence-electron chi connectivity index (χ4n) is 4.28. The molecule has 0 saturated carbocycles. The molecule has 0 amide bonds. The van der Waals surface area contributed by atoms with E-state index in [4.69, 9.17) is 4.52 Å². The smallest absolute Gasteiger partial charge is 0.258 e. The van der Waals surface area contributed by atoms with Crippen LogP contribution in [-0.2, 0) is 11.2 Å². The molecule has 8 heteroatoms. The van der Waals surface area contributed by atoms with E-state index in [1.807, 2.05) is 37.4 Å². The highest BCUT2D eigenvalue weighted by Crippen LogP contribution is 2.50. The molecule has 0 radical (unpaired) electrons. The summed E-state index contributed by atoms with van der Waals surface area (Å²) in [5.41, 5.74) is -0.827. The van der Waals surface area contributed by atoms with Crippen LogP contribution in [0.1, 0.15) is 37.8 Å². The van der Waals surface area contributed by atoms with Gasteiger partial charge in [0.25, 0.3) is 5.89 Å². The third-order valence-corrected chi connectivity index (χ3v) is 6.27. The van der Waals surface area contributed by atoms with Crippen molar-refractivity contribution in [2.75, 3.05) is 20.1 Å². The van der Waals surface area contributed by atoms with E-state index in [-0.39, 0.29) is 5.89 Å². The number of nitrogens with zero attached hydrogens (tertiary/aromatic N) is 4. The van der Waals surface area contributed by atoms with Gasteiger partial charge in [0.1, 0.15) is 11.2 Å². The summed E-state index contributed by atoms with van der Waals surface area (Å²) in [7, 11) is 2.04.